The molecule has 3 N–H and O–H groups in total. The first-order valence-electron chi connectivity index (χ1n) is 8.43. The highest BCUT2D eigenvalue weighted by Crippen LogP contribution is 2.30. The van der Waals surface area contributed by atoms with Gasteiger partial charge < -0.3 is 15.5 Å². The number of rotatable bonds is 6. The molecule has 0 aliphatic heterocycles. The quantitative estimate of drug-likeness (QED) is 0.701. The summed E-state index contributed by atoms with van der Waals surface area (Å²) < 4.78 is 37.8. The number of hydrogen-bond donors (Lipinski definition) is 3. The molecule has 0 radical (unpaired) electrons. The molecular weight excluding hydrogens is 375 g/mol. The van der Waals surface area contributed by atoms with Crippen LogP contribution in [0, 0.1) is 13.8 Å². The van der Waals surface area contributed by atoms with E-state index < -0.39 is 35.8 Å². The minimum absolute atomic E-state index is 0.00191. The summed E-state index contributed by atoms with van der Waals surface area (Å²) in [6.07, 6.45) is -6.32. The lowest BCUT2D eigenvalue weighted by atomic mass is 10.0. The van der Waals surface area contributed by atoms with Crippen molar-refractivity contribution in [1.29, 1.82) is 0 Å². The van der Waals surface area contributed by atoms with Crippen LogP contribution >= 0.6 is 0 Å². The molecule has 5 nitrogen and oxygen atoms in total. The largest absolute Gasteiger partial charge is 0.480 e. The highest BCUT2D eigenvalue weighted by Gasteiger charge is 2.31. The number of nitrogens with one attached hydrogen (secondary N) is 1. The number of aryl methyl sites for hydroxylation is 2. The van der Waals surface area contributed by atoms with Crippen molar-refractivity contribution < 1.29 is 33.0 Å². The smallest absolute Gasteiger partial charge is 0.416 e. The molecule has 1 amide bonds. The summed E-state index contributed by atoms with van der Waals surface area (Å²) in [5.41, 5.74) is 1.72. The van der Waals surface area contributed by atoms with Gasteiger partial charge in [-0.05, 0) is 48.2 Å². The molecule has 0 heterocycles. The monoisotopic (exact) mass is 395 g/mol. The van der Waals surface area contributed by atoms with Gasteiger partial charge in [-0.2, -0.15) is 13.2 Å². The van der Waals surface area contributed by atoms with Crippen molar-refractivity contribution in [1.82, 2.24) is 5.32 Å². The molecule has 0 fully saturated rings. The first-order valence-corrected chi connectivity index (χ1v) is 8.43. The Bertz CT molecular complexity index is 863. The van der Waals surface area contributed by atoms with Gasteiger partial charge in [0.05, 0.1) is 5.56 Å². The van der Waals surface area contributed by atoms with Crippen LogP contribution < -0.4 is 5.32 Å². The van der Waals surface area contributed by atoms with E-state index in [0.29, 0.717) is 5.56 Å². The molecule has 0 spiro atoms. The fraction of sp³-hybridized carbons (Fsp3) is 0.300. The number of aliphatic hydroxyl groups excluding tert-OH is 1. The lowest BCUT2D eigenvalue weighted by molar-refractivity contribution is -0.143. The Morgan fingerprint density at radius 3 is 2.14 bits per heavy atom. The van der Waals surface area contributed by atoms with E-state index in [1.54, 1.807) is 6.07 Å². The lowest BCUT2D eigenvalue weighted by Gasteiger charge is -2.18. The van der Waals surface area contributed by atoms with E-state index in [1.165, 1.54) is 0 Å². The van der Waals surface area contributed by atoms with Crippen molar-refractivity contribution in [3.63, 3.8) is 0 Å². The van der Waals surface area contributed by atoms with E-state index in [-0.39, 0.29) is 12.0 Å². The zero-order valence-electron chi connectivity index (χ0n) is 15.2. The van der Waals surface area contributed by atoms with Gasteiger partial charge in [0.25, 0.3) is 5.91 Å². The Hall–Kier alpha value is -2.87. The van der Waals surface area contributed by atoms with Crippen molar-refractivity contribution in [3.05, 3.63) is 70.3 Å². The molecule has 2 atom stereocenters. The first-order chi connectivity index (χ1) is 13.0. The maximum atomic E-state index is 12.6. The predicted molar refractivity (Wildman–Crippen MR) is 95.6 cm³/mol. The minimum Gasteiger partial charge on any atom is -0.480 e. The molecule has 28 heavy (non-hydrogen) atoms. The number of aliphatic hydroxyl groups is 1. The lowest BCUT2D eigenvalue weighted by Crippen LogP contribution is -2.44. The van der Waals surface area contributed by atoms with Gasteiger partial charge in [0.1, 0.15) is 6.04 Å². The summed E-state index contributed by atoms with van der Waals surface area (Å²) in [6, 6.07) is 7.55. The third kappa shape index (κ3) is 5.32. The number of aliphatic carboxylic acids is 1. The van der Waals surface area contributed by atoms with Gasteiger partial charge in [-0.3, -0.25) is 4.79 Å². The fourth-order valence-electron chi connectivity index (χ4n) is 2.62. The van der Waals surface area contributed by atoms with E-state index in [2.05, 4.69) is 5.32 Å². The van der Waals surface area contributed by atoms with Crippen molar-refractivity contribution in [3.8, 4) is 0 Å². The van der Waals surface area contributed by atoms with E-state index in [4.69, 9.17) is 0 Å². The van der Waals surface area contributed by atoms with E-state index in [9.17, 15) is 33.0 Å². The summed E-state index contributed by atoms with van der Waals surface area (Å²) in [6.45, 7) is 3.79. The minimum atomic E-state index is -4.54. The van der Waals surface area contributed by atoms with Crippen molar-refractivity contribution >= 4 is 11.9 Å². The third-order valence-corrected chi connectivity index (χ3v) is 4.43. The summed E-state index contributed by atoms with van der Waals surface area (Å²) in [5.74, 6) is -2.29. The van der Waals surface area contributed by atoms with Crippen LogP contribution in [0.25, 0.3) is 0 Å². The normalized spacial score (nSPS) is 13.6. The summed E-state index contributed by atoms with van der Waals surface area (Å²) in [5, 5.41) is 21.7. The summed E-state index contributed by atoms with van der Waals surface area (Å²) in [4.78, 5) is 23.7. The molecule has 0 saturated carbocycles. The maximum absolute atomic E-state index is 12.6. The van der Waals surface area contributed by atoms with Gasteiger partial charge in [0.15, 0.2) is 6.10 Å². The molecule has 2 rings (SSSR count). The molecule has 0 aliphatic rings. The molecule has 0 bridgehead atoms. The number of benzene rings is 2. The molecule has 0 saturated heterocycles. The Morgan fingerprint density at radius 2 is 1.64 bits per heavy atom. The molecule has 8 heteroatoms. The number of hydrogen-bond acceptors (Lipinski definition) is 3. The Kier molecular flexibility index (Phi) is 6.45. The number of carbonyl (C=O) groups is 2. The van der Waals surface area contributed by atoms with Gasteiger partial charge in [-0.25, -0.2) is 4.79 Å². The average Bonchev–Trinajstić information content (AvgIpc) is 2.62. The van der Waals surface area contributed by atoms with Crippen LogP contribution in [-0.2, 0) is 22.2 Å². The van der Waals surface area contributed by atoms with E-state index in [0.717, 1.165) is 35.4 Å². The first kappa shape index (κ1) is 21.4. The highest BCUT2D eigenvalue weighted by atomic mass is 19.4. The van der Waals surface area contributed by atoms with Crippen LogP contribution in [0.2, 0.25) is 0 Å². The highest BCUT2D eigenvalue weighted by molar-refractivity contribution is 5.87. The van der Waals surface area contributed by atoms with Gasteiger partial charge >= 0.3 is 12.1 Å². The van der Waals surface area contributed by atoms with Crippen molar-refractivity contribution in [2.45, 2.75) is 38.6 Å². The van der Waals surface area contributed by atoms with Crippen molar-refractivity contribution in [2.75, 3.05) is 0 Å². The SMILES string of the molecule is Cc1ccc(C[C@@H](NC(=O)[C@@H](O)c2ccc(C(F)(F)F)cc2)C(=O)O)cc1C. The van der Waals surface area contributed by atoms with Gasteiger partial charge in [-0.1, -0.05) is 30.3 Å². The van der Waals surface area contributed by atoms with Crippen LogP contribution in [0.5, 0.6) is 0 Å². The van der Waals surface area contributed by atoms with Crippen LogP contribution in [0.1, 0.15) is 33.9 Å². The number of carboxylic acid groups (broad SMARTS) is 1. The Labute approximate surface area is 159 Å². The molecule has 150 valence electrons. The van der Waals surface area contributed by atoms with Crippen LogP contribution in [0.15, 0.2) is 42.5 Å². The maximum Gasteiger partial charge on any atom is 0.416 e. The average molecular weight is 395 g/mol. The van der Waals surface area contributed by atoms with Gasteiger partial charge in [0, 0.05) is 6.42 Å². The van der Waals surface area contributed by atoms with Gasteiger partial charge in [0.2, 0.25) is 0 Å². The number of carbonyl (C=O) groups excluding carboxylic acids is 1. The van der Waals surface area contributed by atoms with E-state index in [1.807, 2.05) is 26.0 Å². The topological polar surface area (TPSA) is 86.6 Å². The van der Waals surface area contributed by atoms with Crippen LogP contribution in [0.4, 0.5) is 13.2 Å². The Morgan fingerprint density at radius 1 is 1.04 bits per heavy atom. The Balaban J connectivity index is 2.10. The number of alkyl halides is 3. The van der Waals surface area contributed by atoms with Crippen LogP contribution in [-0.4, -0.2) is 28.1 Å². The fourth-order valence-corrected chi connectivity index (χ4v) is 2.62. The summed E-state index contributed by atoms with van der Waals surface area (Å²) >= 11 is 0. The zero-order chi connectivity index (χ0) is 21.1. The molecular formula is C20H20F3NO4. The van der Waals surface area contributed by atoms with Crippen molar-refractivity contribution in [2.24, 2.45) is 0 Å². The number of amides is 1. The number of halogens is 3. The van der Waals surface area contributed by atoms with Gasteiger partial charge in [-0.15, -0.1) is 0 Å². The molecule has 0 aromatic heterocycles. The number of carboxylic acids is 1. The van der Waals surface area contributed by atoms with E-state index >= 15 is 0 Å². The molecule has 2 aromatic rings. The third-order valence-electron chi connectivity index (χ3n) is 4.43. The molecule has 0 aliphatic carbocycles. The van der Waals surface area contributed by atoms with Crippen LogP contribution in [0.3, 0.4) is 0 Å². The second-order valence-electron chi connectivity index (χ2n) is 6.54. The standard InChI is InChI=1S/C20H20F3NO4/c1-11-3-4-13(9-12(11)2)10-16(19(27)28)24-18(26)17(25)14-5-7-15(8-6-14)20(21,22)23/h3-9,16-17,25H,10H2,1-2H3,(H,24,26)(H,27,28)/t16-,17+/m1/s1. The molecule has 2 aromatic carbocycles. The zero-order valence-corrected chi connectivity index (χ0v) is 15.2. The second-order valence-corrected chi connectivity index (χ2v) is 6.54. The predicted octanol–water partition coefficient (Wildman–Crippen LogP) is 3.17. The molecule has 0 unspecified atom stereocenters. The summed E-state index contributed by atoms with van der Waals surface area (Å²) in [7, 11) is 0. The second kappa shape index (κ2) is 8.43.